The van der Waals surface area contributed by atoms with Crippen molar-refractivity contribution >= 4 is 11.6 Å². The number of nitrogen functional groups attached to an aromatic ring is 1. The van der Waals surface area contributed by atoms with Gasteiger partial charge in [-0.1, -0.05) is 6.07 Å². The lowest BCUT2D eigenvalue weighted by Gasteiger charge is -2.13. The van der Waals surface area contributed by atoms with Crippen molar-refractivity contribution in [2.75, 3.05) is 18.9 Å². The Kier molecular flexibility index (Phi) is 6.87. The standard InChI is InChI=1S/C15H24N2O3/c1-11(2)20-14-6-4-12(10-13(14)16)5-7-15(19)17-8-3-9-18/h4,6,10-11,18H,3,5,7-9,16H2,1-2H3,(H,17,19). The number of ether oxygens (including phenoxy) is 1. The van der Waals surface area contributed by atoms with E-state index in [4.69, 9.17) is 15.6 Å². The molecule has 1 amide bonds. The van der Waals surface area contributed by atoms with Crippen LogP contribution >= 0.6 is 0 Å². The third-order valence-electron chi connectivity index (χ3n) is 2.73. The van der Waals surface area contributed by atoms with Crippen molar-refractivity contribution in [3.8, 4) is 5.75 Å². The van der Waals surface area contributed by atoms with E-state index in [0.29, 0.717) is 37.2 Å². The number of aryl methyl sites for hydroxylation is 1. The van der Waals surface area contributed by atoms with Crippen LogP contribution in [0.4, 0.5) is 5.69 Å². The van der Waals surface area contributed by atoms with E-state index in [-0.39, 0.29) is 18.6 Å². The highest BCUT2D eigenvalue weighted by Gasteiger charge is 2.06. The molecule has 0 saturated carbocycles. The van der Waals surface area contributed by atoms with E-state index < -0.39 is 0 Å². The first-order valence-corrected chi connectivity index (χ1v) is 6.95. The molecule has 0 saturated heterocycles. The van der Waals surface area contributed by atoms with Crippen molar-refractivity contribution in [1.29, 1.82) is 0 Å². The maximum atomic E-state index is 11.5. The predicted molar refractivity (Wildman–Crippen MR) is 79.7 cm³/mol. The summed E-state index contributed by atoms with van der Waals surface area (Å²) >= 11 is 0. The largest absolute Gasteiger partial charge is 0.489 e. The molecule has 5 heteroatoms. The van der Waals surface area contributed by atoms with E-state index in [9.17, 15) is 4.79 Å². The number of anilines is 1. The van der Waals surface area contributed by atoms with E-state index in [1.165, 1.54) is 0 Å². The molecule has 1 aromatic rings. The van der Waals surface area contributed by atoms with Crippen molar-refractivity contribution in [1.82, 2.24) is 5.32 Å². The predicted octanol–water partition coefficient (Wildman–Crippen LogP) is 1.49. The molecular weight excluding hydrogens is 256 g/mol. The fourth-order valence-corrected chi connectivity index (χ4v) is 1.77. The monoisotopic (exact) mass is 280 g/mol. The summed E-state index contributed by atoms with van der Waals surface area (Å²) in [5.74, 6) is 0.663. The van der Waals surface area contributed by atoms with Crippen molar-refractivity contribution in [2.24, 2.45) is 0 Å². The number of carbonyl (C=O) groups excluding carboxylic acids is 1. The minimum Gasteiger partial charge on any atom is -0.489 e. The normalized spacial score (nSPS) is 10.6. The highest BCUT2D eigenvalue weighted by Crippen LogP contribution is 2.24. The van der Waals surface area contributed by atoms with Gasteiger partial charge < -0.3 is 20.9 Å². The Balaban J connectivity index is 2.45. The molecule has 0 radical (unpaired) electrons. The second-order valence-corrected chi connectivity index (χ2v) is 4.97. The Morgan fingerprint density at radius 2 is 2.20 bits per heavy atom. The summed E-state index contributed by atoms with van der Waals surface area (Å²) in [5, 5.41) is 11.4. The highest BCUT2D eigenvalue weighted by atomic mass is 16.5. The second kappa shape index (κ2) is 8.43. The fourth-order valence-electron chi connectivity index (χ4n) is 1.77. The van der Waals surface area contributed by atoms with Gasteiger partial charge in [0, 0.05) is 19.6 Å². The molecule has 0 atom stereocenters. The van der Waals surface area contributed by atoms with Crippen LogP contribution in [-0.2, 0) is 11.2 Å². The van der Waals surface area contributed by atoms with Crippen LogP contribution in [0.25, 0.3) is 0 Å². The third-order valence-corrected chi connectivity index (χ3v) is 2.73. The van der Waals surface area contributed by atoms with Crippen LogP contribution in [0.1, 0.15) is 32.3 Å². The average molecular weight is 280 g/mol. The number of hydrogen-bond acceptors (Lipinski definition) is 4. The molecule has 0 aliphatic carbocycles. The van der Waals surface area contributed by atoms with Gasteiger partial charge in [0.1, 0.15) is 5.75 Å². The van der Waals surface area contributed by atoms with Gasteiger partial charge >= 0.3 is 0 Å². The van der Waals surface area contributed by atoms with Crippen molar-refractivity contribution < 1.29 is 14.6 Å². The summed E-state index contributed by atoms with van der Waals surface area (Å²) in [5.41, 5.74) is 7.53. The van der Waals surface area contributed by atoms with Crippen molar-refractivity contribution in [2.45, 2.75) is 39.2 Å². The van der Waals surface area contributed by atoms with Gasteiger partial charge in [-0.3, -0.25) is 4.79 Å². The SMILES string of the molecule is CC(C)Oc1ccc(CCC(=O)NCCCO)cc1N. The fraction of sp³-hybridized carbons (Fsp3) is 0.533. The molecule has 0 aromatic heterocycles. The number of nitrogens with two attached hydrogens (primary N) is 1. The van der Waals surface area contributed by atoms with Crippen molar-refractivity contribution in [3.05, 3.63) is 23.8 Å². The van der Waals surface area contributed by atoms with Gasteiger partial charge in [-0.05, 0) is 44.4 Å². The zero-order valence-corrected chi connectivity index (χ0v) is 12.2. The minimum atomic E-state index is -0.0143. The van der Waals surface area contributed by atoms with Gasteiger partial charge in [0.05, 0.1) is 11.8 Å². The number of carbonyl (C=O) groups is 1. The molecule has 0 bridgehead atoms. The summed E-state index contributed by atoms with van der Waals surface area (Å²) < 4.78 is 5.56. The van der Waals surface area contributed by atoms with Crippen LogP contribution in [0.15, 0.2) is 18.2 Å². The molecule has 20 heavy (non-hydrogen) atoms. The Morgan fingerprint density at radius 1 is 1.45 bits per heavy atom. The zero-order chi connectivity index (χ0) is 15.0. The lowest BCUT2D eigenvalue weighted by molar-refractivity contribution is -0.121. The highest BCUT2D eigenvalue weighted by molar-refractivity contribution is 5.76. The number of benzene rings is 1. The van der Waals surface area contributed by atoms with E-state index >= 15 is 0 Å². The number of aliphatic hydroxyl groups is 1. The molecule has 112 valence electrons. The molecule has 1 aromatic carbocycles. The molecule has 4 N–H and O–H groups in total. The van der Waals surface area contributed by atoms with E-state index in [0.717, 1.165) is 5.56 Å². The lowest BCUT2D eigenvalue weighted by atomic mass is 10.1. The van der Waals surface area contributed by atoms with E-state index in [2.05, 4.69) is 5.32 Å². The average Bonchev–Trinajstić information content (AvgIpc) is 2.39. The number of rotatable bonds is 8. The zero-order valence-electron chi connectivity index (χ0n) is 12.2. The van der Waals surface area contributed by atoms with Crippen molar-refractivity contribution in [3.63, 3.8) is 0 Å². The molecule has 1 rings (SSSR count). The van der Waals surface area contributed by atoms with Crippen LogP contribution in [0.2, 0.25) is 0 Å². The quantitative estimate of drug-likeness (QED) is 0.497. The summed E-state index contributed by atoms with van der Waals surface area (Å²) in [7, 11) is 0. The lowest BCUT2D eigenvalue weighted by Crippen LogP contribution is -2.25. The molecular formula is C15H24N2O3. The van der Waals surface area contributed by atoms with Crippen LogP contribution in [0.3, 0.4) is 0 Å². The summed E-state index contributed by atoms with van der Waals surface area (Å²) in [6.45, 7) is 4.50. The molecule has 0 heterocycles. The van der Waals surface area contributed by atoms with Gasteiger partial charge in [0.2, 0.25) is 5.91 Å². The molecule has 0 spiro atoms. The van der Waals surface area contributed by atoms with Gasteiger partial charge in [-0.25, -0.2) is 0 Å². The van der Waals surface area contributed by atoms with Crippen LogP contribution < -0.4 is 15.8 Å². The van der Waals surface area contributed by atoms with Crippen LogP contribution in [0.5, 0.6) is 5.75 Å². The van der Waals surface area contributed by atoms with Gasteiger partial charge in [0.15, 0.2) is 0 Å². The van der Waals surface area contributed by atoms with E-state index in [1.54, 1.807) is 0 Å². The topological polar surface area (TPSA) is 84.6 Å². The van der Waals surface area contributed by atoms with Gasteiger partial charge in [-0.15, -0.1) is 0 Å². The van der Waals surface area contributed by atoms with Crippen LogP contribution in [-0.4, -0.2) is 30.3 Å². The maximum absolute atomic E-state index is 11.5. The smallest absolute Gasteiger partial charge is 0.220 e. The summed E-state index contributed by atoms with van der Waals surface area (Å²) in [6.07, 6.45) is 1.71. The molecule has 0 aliphatic rings. The Labute approximate surface area is 120 Å². The van der Waals surface area contributed by atoms with Gasteiger partial charge in [-0.2, -0.15) is 0 Å². The van der Waals surface area contributed by atoms with E-state index in [1.807, 2.05) is 32.0 Å². The number of amides is 1. The molecule has 0 unspecified atom stereocenters. The summed E-state index contributed by atoms with van der Waals surface area (Å²) in [6, 6.07) is 5.61. The number of nitrogens with one attached hydrogen (secondary N) is 1. The first-order chi connectivity index (χ1) is 9.52. The maximum Gasteiger partial charge on any atom is 0.220 e. The number of aliphatic hydroxyl groups excluding tert-OH is 1. The molecule has 5 nitrogen and oxygen atoms in total. The third kappa shape index (κ3) is 5.93. The second-order valence-electron chi connectivity index (χ2n) is 4.97. The van der Waals surface area contributed by atoms with Crippen LogP contribution in [0, 0.1) is 0 Å². The first kappa shape index (κ1) is 16.3. The Bertz CT molecular complexity index is 433. The molecule has 0 aliphatic heterocycles. The van der Waals surface area contributed by atoms with Gasteiger partial charge in [0.25, 0.3) is 0 Å². The molecule has 0 fully saturated rings. The number of hydrogen-bond donors (Lipinski definition) is 3. The summed E-state index contributed by atoms with van der Waals surface area (Å²) in [4.78, 5) is 11.5. The Morgan fingerprint density at radius 3 is 2.80 bits per heavy atom. The first-order valence-electron chi connectivity index (χ1n) is 6.95. The Hall–Kier alpha value is -1.75. The minimum absolute atomic E-state index is 0.0143.